The van der Waals surface area contributed by atoms with Gasteiger partial charge in [0.05, 0.1) is 19.2 Å². The van der Waals surface area contributed by atoms with Crippen LogP contribution < -0.4 is 14.8 Å². The molecule has 0 aliphatic carbocycles. The average Bonchev–Trinajstić information content (AvgIpc) is 2.72. The highest BCUT2D eigenvalue weighted by molar-refractivity contribution is 6.32. The predicted octanol–water partition coefficient (Wildman–Crippen LogP) is 4.06. The van der Waals surface area contributed by atoms with Gasteiger partial charge in [0.15, 0.2) is 18.1 Å². The summed E-state index contributed by atoms with van der Waals surface area (Å²) in [5.41, 5.74) is 2.83. The van der Waals surface area contributed by atoms with Crippen molar-refractivity contribution in [2.24, 2.45) is 0 Å². The average molecular weight is 429 g/mol. The Hall–Kier alpha value is -3.50. The fourth-order valence-corrected chi connectivity index (χ4v) is 2.80. The van der Waals surface area contributed by atoms with Crippen LogP contribution in [0.3, 0.4) is 0 Å². The quantitative estimate of drug-likeness (QED) is 0.405. The van der Waals surface area contributed by atoms with E-state index in [1.54, 1.807) is 6.07 Å². The summed E-state index contributed by atoms with van der Waals surface area (Å²) < 4.78 is 15.1. The number of anilines is 1. The number of aryl methyl sites for hydroxylation is 2. The van der Waals surface area contributed by atoms with E-state index in [9.17, 15) is 14.9 Å². The molecule has 1 amide bonds. The van der Waals surface area contributed by atoms with E-state index >= 15 is 0 Å². The van der Waals surface area contributed by atoms with Gasteiger partial charge < -0.3 is 19.5 Å². The van der Waals surface area contributed by atoms with Crippen molar-refractivity contribution in [1.29, 1.82) is 5.26 Å². The van der Waals surface area contributed by atoms with Gasteiger partial charge in [-0.2, -0.15) is 5.26 Å². The lowest BCUT2D eigenvalue weighted by Crippen LogP contribution is -2.14. The maximum Gasteiger partial charge on any atom is 0.343 e. The number of benzene rings is 2. The minimum absolute atomic E-state index is 0.114. The molecule has 0 heterocycles. The van der Waals surface area contributed by atoms with E-state index < -0.39 is 11.9 Å². The van der Waals surface area contributed by atoms with E-state index in [0.29, 0.717) is 11.3 Å². The highest BCUT2D eigenvalue weighted by atomic mass is 35.5. The zero-order valence-electron chi connectivity index (χ0n) is 17.0. The number of ether oxygens (including phenoxy) is 3. The van der Waals surface area contributed by atoms with Crippen LogP contribution in [0.5, 0.6) is 11.5 Å². The van der Waals surface area contributed by atoms with Gasteiger partial charge in [-0.15, -0.1) is 0 Å². The molecule has 0 aromatic heterocycles. The number of methoxy groups -OCH3 is 2. The van der Waals surface area contributed by atoms with Crippen molar-refractivity contribution in [3.05, 3.63) is 57.6 Å². The summed E-state index contributed by atoms with van der Waals surface area (Å²) in [6, 6.07) is 10.6. The number of carbonyl (C=O) groups excluding carboxylic acids is 2. The van der Waals surface area contributed by atoms with E-state index in [4.69, 9.17) is 21.1 Å². The molecule has 156 valence electrons. The molecule has 7 nitrogen and oxygen atoms in total. The molecule has 0 atom stereocenters. The maximum atomic E-state index is 12.6. The largest absolute Gasteiger partial charge is 0.493 e. The lowest BCUT2D eigenvalue weighted by atomic mass is 10.1. The molecule has 0 saturated carbocycles. The van der Waals surface area contributed by atoms with Crippen LogP contribution in [0.2, 0.25) is 5.02 Å². The normalized spacial score (nSPS) is 10.7. The molecule has 0 radical (unpaired) electrons. The topological polar surface area (TPSA) is 97.7 Å². The van der Waals surface area contributed by atoms with Crippen molar-refractivity contribution < 1.29 is 23.8 Å². The Bertz CT molecular complexity index is 1040. The summed E-state index contributed by atoms with van der Waals surface area (Å²) in [5.74, 6) is -0.732. The molecule has 0 bridgehead atoms. The van der Waals surface area contributed by atoms with Crippen LogP contribution in [0.4, 0.5) is 5.69 Å². The summed E-state index contributed by atoms with van der Waals surface area (Å²) in [7, 11) is 2.65. The lowest BCUT2D eigenvalue weighted by molar-refractivity contribution is -0.142. The first-order valence-electron chi connectivity index (χ1n) is 8.86. The predicted molar refractivity (Wildman–Crippen MR) is 114 cm³/mol. The Morgan fingerprint density at radius 2 is 1.93 bits per heavy atom. The van der Waals surface area contributed by atoms with Gasteiger partial charge in [-0.3, -0.25) is 4.79 Å². The molecule has 0 unspecified atom stereocenters. The van der Waals surface area contributed by atoms with Crippen LogP contribution in [0.1, 0.15) is 16.7 Å². The molecule has 1 N–H and O–H groups in total. The first kappa shape index (κ1) is 22.8. The summed E-state index contributed by atoms with van der Waals surface area (Å²) >= 11 is 6.24. The molecule has 2 rings (SSSR count). The minimum atomic E-state index is -0.577. The lowest BCUT2D eigenvalue weighted by Gasteiger charge is -2.13. The van der Waals surface area contributed by atoms with Crippen LogP contribution in [0.25, 0.3) is 6.08 Å². The molecule has 30 heavy (non-hydrogen) atoms. The second-order valence-corrected chi connectivity index (χ2v) is 6.75. The highest BCUT2D eigenvalue weighted by Gasteiger charge is 2.16. The number of esters is 1. The van der Waals surface area contributed by atoms with E-state index in [1.807, 2.05) is 38.1 Å². The van der Waals surface area contributed by atoms with E-state index in [2.05, 4.69) is 10.1 Å². The van der Waals surface area contributed by atoms with Crippen LogP contribution >= 0.6 is 11.6 Å². The van der Waals surface area contributed by atoms with Gasteiger partial charge in [0.2, 0.25) is 0 Å². The Morgan fingerprint density at radius 1 is 1.20 bits per heavy atom. The molecular formula is C22H21ClN2O5. The summed E-state index contributed by atoms with van der Waals surface area (Å²) in [6.07, 6.45) is 1.39. The van der Waals surface area contributed by atoms with Gasteiger partial charge >= 0.3 is 5.97 Å². The molecule has 2 aromatic rings. The van der Waals surface area contributed by atoms with Crippen LogP contribution in [-0.4, -0.2) is 32.7 Å². The molecule has 2 aromatic carbocycles. The van der Waals surface area contributed by atoms with Gasteiger partial charge in [0.25, 0.3) is 5.91 Å². The van der Waals surface area contributed by atoms with Crippen LogP contribution in [0.15, 0.2) is 35.9 Å². The first-order valence-corrected chi connectivity index (χ1v) is 9.24. The SMILES string of the molecule is COC(=O)COc1c(Cl)cc(/C=C(\C#N)C(=O)Nc2cc(C)ccc2C)cc1OC. The molecule has 0 saturated heterocycles. The van der Waals surface area contributed by atoms with Crippen molar-refractivity contribution in [3.8, 4) is 17.6 Å². The zero-order valence-corrected chi connectivity index (χ0v) is 17.8. The van der Waals surface area contributed by atoms with Crippen molar-refractivity contribution in [2.45, 2.75) is 13.8 Å². The van der Waals surface area contributed by atoms with Crippen LogP contribution in [-0.2, 0) is 14.3 Å². The molecule has 0 fully saturated rings. The Labute approximate surface area is 179 Å². The summed E-state index contributed by atoms with van der Waals surface area (Å²) in [6.45, 7) is 3.43. The summed E-state index contributed by atoms with van der Waals surface area (Å²) in [5, 5.41) is 12.4. The Kier molecular flexibility index (Phi) is 7.84. The number of carbonyl (C=O) groups is 2. The third-order valence-corrected chi connectivity index (χ3v) is 4.41. The third kappa shape index (κ3) is 5.75. The van der Waals surface area contributed by atoms with Crippen molar-refractivity contribution in [2.75, 3.05) is 26.1 Å². The second-order valence-electron chi connectivity index (χ2n) is 6.34. The third-order valence-electron chi connectivity index (χ3n) is 4.13. The molecule has 0 spiro atoms. The van der Waals surface area contributed by atoms with E-state index in [0.717, 1.165) is 11.1 Å². The fraction of sp³-hybridized carbons (Fsp3) is 0.227. The molecule has 0 aliphatic rings. The smallest absolute Gasteiger partial charge is 0.343 e. The zero-order chi connectivity index (χ0) is 22.3. The van der Waals surface area contributed by atoms with Gasteiger partial charge in [0, 0.05) is 5.69 Å². The number of rotatable bonds is 7. The number of amides is 1. The standard InChI is InChI=1S/C22H21ClN2O5/c1-13-5-6-14(2)18(7-13)25-22(27)16(11-24)8-15-9-17(23)21(19(10-15)28-3)30-12-20(26)29-4/h5-10H,12H2,1-4H3,(H,25,27)/b16-8+. The monoisotopic (exact) mass is 428 g/mol. The number of nitriles is 1. The van der Waals surface area contributed by atoms with Crippen molar-refractivity contribution >= 4 is 35.2 Å². The minimum Gasteiger partial charge on any atom is -0.493 e. The first-order chi connectivity index (χ1) is 14.3. The van der Waals surface area contributed by atoms with Crippen LogP contribution in [0, 0.1) is 25.2 Å². The van der Waals surface area contributed by atoms with Gasteiger partial charge in [0.1, 0.15) is 11.6 Å². The maximum absolute atomic E-state index is 12.6. The molecular weight excluding hydrogens is 408 g/mol. The van der Waals surface area contributed by atoms with Crippen molar-refractivity contribution in [1.82, 2.24) is 0 Å². The molecule has 8 heteroatoms. The van der Waals surface area contributed by atoms with Gasteiger partial charge in [-0.05, 0) is 54.8 Å². The second kappa shape index (κ2) is 10.3. The van der Waals surface area contributed by atoms with E-state index in [-0.39, 0.29) is 28.7 Å². The highest BCUT2D eigenvalue weighted by Crippen LogP contribution is 2.37. The number of halogens is 1. The van der Waals surface area contributed by atoms with E-state index in [1.165, 1.54) is 26.4 Å². The Balaban J connectivity index is 2.31. The number of hydrogen-bond acceptors (Lipinski definition) is 6. The Morgan fingerprint density at radius 3 is 2.57 bits per heavy atom. The number of nitrogens with zero attached hydrogens (tertiary/aromatic N) is 1. The number of hydrogen-bond donors (Lipinski definition) is 1. The summed E-state index contributed by atoms with van der Waals surface area (Å²) in [4.78, 5) is 23.9. The van der Waals surface area contributed by atoms with Gasteiger partial charge in [-0.25, -0.2) is 4.79 Å². The molecule has 0 aliphatic heterocycles. The van der Waals surface area contributed by atoms with Crippen molar-refractivity contribution in [3.63, 3.8) is 0 Å². The fourth-order valence-electron chi connectivity index (χ4n) is 2.53. The number of nitrogens with one attached hydrogen (secondary N) is 1. The van der Waals surface area contributed by atoms with Gasteiger partial charge in [-0.1, -0.05) is 23.7 Å².